The van der Waals surface area contributed by atoms with Crippen LogP contribution in [0, 0.1) is 29.6 Å². The highest BCUT2D eigenvalue weighted by Crippen LogP contribution is 2.53. The Morgan fingerprint density at radius 2 is 1.56 bits per heavy atom. The lowest BCUT2D eigenvalue weighted by Gasteiger charge is -2.54. The van der Waals surface area contributed by atoms with Gasteiger partial charge in [0, 0.05) is 44.0 Å². The van der Waals surface area contributed by atoms with Crippen LogP contribution in [0.5, 0.6) is 5.75 Å². The zero-order valence-corrected chi connectivity index (χ0v) is 19.6. The average molecular weight is 439 g/mol. The summed E-state index contributed by atoms with van der Waals surface area (Å²) in [5, 5.41) is 3.39. The molecule has 0 radical (unpaired) electrons. The number of nitrogens with one attached hydrogen (secondary N) is 1. The third kappa shape index (κ3) is 4.67. The van der Waals surface area contributed by atoms with Crippen molar-refractivity contribution in [1.29, 1.82) is 0 Å². The van der Waals surface area contributed by atoms with Crippen LogP contribution in [0.3, 0.4) is 0 Å². The summed E-state index contributed by atoms with van der Waals surface area (Å²) in [6.07, 6.45) is 9.15. The van der Waals surface area contributed by atoms with Gasteiger partial charge >= 0.3 is 0 Å². The SMILES string of the molecule is CC(C)CC(=O)N1CCC(Oc2ccc(C(=O)NC3C4CC5CC(C4)CC3C5)cc2)CC1. The molecule has 0 spiro atoms. The van der Waals surface area contributed by atoms with E-state index in [9.17, 15) is 9.59 Å². The molecular formula is C27H38N2O3. The Bertz CT molecular complexity index is 798. The minimum atomic E-state index is 0.0611. The molecule has 4 aliphatic carbocycles. The normalized spacial score (nSPS) is 31.7. The number of amides is 2. The van der Waals surface area contributed by atoms with Gasteiger partial charge in [-0.2, -0.15) is 0 Å². The highest BCUT2D eigenvalue weighted by Gasteiger charge is 2.48. The van der Waals surface area contributed by atoms with Crippen LogP contribution in [0.15, 0.2) is 24.3 Å². The van der Waals surface area contributed by atoms with Crippen molar-refractivity contribution in [2.45, 2.75) is 77.4 Å². The molecule has 174 valence electrons. The largest absolute Gasteiger partial charge is 0.490 e. The first-order valence-electron chi connectivity index (χ1n) is 12.8. The summed E-state index contributed by atoms with van der Waals surface area (Å²) in [6, 6.07) is 7.99. The lowest BCUT2D eigenvalue weighted by atomic mass is 9.54. The molecule has 1 saturated heterocycles. The van der Waals surface area contributed by atoms with Crippen LogP contribution in [0.25, 0.3) is 0 Å². The van der Waals surface area contributed by atoms with Crippen LogP contribution in [-0.2, 0) is 4.79 Å². The quantitative estimate of drug-likeness (QED) is 0.703. The first kappa shape index (κ1) is 21.8. The van der Waals surface area contributed by atoms with E-state index in [1.165, 1.54) is 32.1 Å². The summed E-state index contributed by atoms with van der Waals surface area (Å²) in [7, 11) is 0. The van der Waals surface area contributed by atoms with Crippen LogP contribution in [0.4, 0.5) is 0 Å². The van der Waals surface area contributed by atoms with Crippen molar-refractivity contribution in [2.24, 2.45) is 29.6 Å². The van der Waals surface area contributed by atoms with E-state index in [1.54, 1.807) is 0 Å². The summed E-state index contributed by atoms with van der Waals surface area (Å²) >= 11 is 0. The van der Waals surface area contributed by atoms with Crippen LogP contribution in [0.2, 0.25) is 0 Å². The molecule has 1 N–H and O–H groups in total. The summed E-state index contributed by atoms with van der Waals surface area (Å²) in [5.41, 5.74) is 0.722. The standard InChI is InChI=1S/C27H38N2O3/c1-17(2)11-25(30)29-9-7-24(8-10-29)32-23-5-3-20(4-6-23)27(31)28-26-21-13-18-12-19(15-21)16-22(26)14-18/h3-6,17-19,21-22,24,26H,7-16H2,1-2H3,(H,28,31). The van der Waals surface area contributed by atoms with Crippen molar-refractivity contribution < 1.29 is 14.3 Å². The number of carbonyl (C=O) groups is 2. The molecule has 1 heterocycles. The molecule has 5 fully saturated rings. The number of ether oxygens (including phenoxy) is 1. The van der Waals surface area contributed by atoms with Gasteiger partial charge in [0.2, 0.25) is 5.91 Å². The Kier molecular flexibility index (Phi) is 6.18. The highest BCUT2D eigenvalue weighted by atomic mass is 16.5. The van der Waals surface area contributed by atoms with E-state index in [4.69, 9.17) is 4.74 Å². The molecule has 0 atom stereocenters. The number of hydrogen-bond donors (Lipinski definition) is 1. The van der Waals surface area contributed by atoms with Gasteiger partial charge in [-0.05, 0) is 86.0 Å². The molecule has 4 saturated carbocycles. The number of benzene rings is 1. The smallest absolute Gasteiger partial charge is 0.251 e. The van der Waals surface area contributed by atoms with Gasteiger partial charge in [-0.3, -0.25) is 9.59 Å². The second kappa shape index (κ2) is 9.07. The van der Waals surface area contributed by atoms with E-state index in [0.29, 0.717) is 30.2 Å². The maximum absolute atomic E-state index is 12.9. The maximum Gasteiger partial charge on any atom is 0.251 e. The number of carbonyl (C=O) groups excluding carboxylic acids is 2. The number of hydrogen-bond acceptors (Lipinski definition) is 3. The van der Waals surface area contributed by atoms with E-state index in [1.807, 2.05) is 29.2 Å². The second-order valence-corrected chi connectivity index (χ2v) is 11.3. The van der Waals surface area contributed by atoms with Gasteiger partial charge in [0.15, 0.2) is 0 Å². The summed E-state index contributed by atoms with van der Waals surface area (Å²) in [6.45, 7) is 5.70. The summed E-state index contributed by atoms with van der Waals surface area (Å²) in [5.74, 6) is 4.74. The van der Waals surface area contributed by atoms with Crippen molar-refractivity contribution in [3.8, 4) is 5.75 Å². The summed E-state index contributed by atoms with van der Waals surface area (Å²) in [4.78, 5) is 27.1. The predicted octanol–water partition coefficient (Wildman–Crippen LogP) is 4.66. The van der Waals surface area contributed by atoms with Crippen LogP contribution in [-0.4, -0.2) is 41.9 Å². The Labute approximate surface area is 192 Å². The lowest BCUT2D eigenvalue weighted by molar-refractivity contribution is -0.133. The molecule has 5 heteroatoms. The molecule has 2 amide bonds. The highest BCUT2D eigenvalue weighted by molar-refractivity contribution is 5.94. The van der Waals surface area contributed by atoms with Gasteiger partial charge in [0.25, 0.3) is 5.91 Å². The van der Waals surface area contributed by atoms with Gasteiger partial charge in [-0.1, -0.05) is 13.8 Å². The molecule has 0 aromatic heterocycles. The third-order valence-electron chi connectivity index (χ3n) is 8.32. The molecule has 1 aliphatic heterocycles. The zero-order valence-electron chi connectivity index (χ0n) is 19.6. The molecular weight excluding hydrogens is 400 g/mol. The third-order valence-corrected chi connectivity index (χ3v) is 8.32. The van der Waals surface area contributed by atoms with Crippen LogP contribution < -0.4 is 10.1 Å². The van der Waals surface area contributed by atoms with E-state index in [2.05, 4.69) is 19.2 Å². The topological polar surface area (TPSA) is 58.6 Å². The number of piperidine rings is 1. The van der Waals surface area contributed by atoms with Crippen LogP contribution >= 0.6 is 0 Å². The molecule has 1 aromatic rings. The molecule has 4 bridgehead atoms. The number of rotatable bonds is 6. The number of nitrogens with zero attached hydrogens (tertiary/aromatic N) is 1. The van der Waals surface area contributed by atoms with Crippen molar-refractivity contribution in [3.05, 3.63) is 29.8 Å². The molecule has 0 unspecified atom stereocenters. The van der Waals surface area contributed by atoms with Gasteiger partial charge in [0.05, 0.1) is 0 Å². The average Bonchev–Trinajstić information content (AvgIpc) is 2.76. The van der Waals surface area contributed by atoms with E-state index in [-0.39, 0.29) is 17.9 Å². The fourth-order valence-electron chi connectivity index (χ4n) is 6.97. The van der Waals surface area contributed by atoms with Gasteiger partial charge in [0.1, 0.15) is 11.9 Å². The van der Waals surface area contributed by atoms with Crippen molar-refractivity contribution in [3.63, 3.8) is 0 Å². The molecule has 5 nitrogen and oxygen atoms in total. The van der Waals surface area contributed by atoms with Crippen molar-refractivity contribution >= 4 is 11.8 Å². The number of likely N-dealkylation sites (tertiary alicyclic amines) is 1. The Morgan fingerprint density at radius 3 is 2.12 bits per heavy atom. The predicted molar refractivity (Wildman–Crippen MR) is 124 cm³/mol. The maximum atomic E-state index is 12.9. The molecule has 5 aliphatic rings. The van der Waals surface area contributed by atoms with Crippen molar-refractivity contribution in [1.82, 2.24) is 10.2 Å². The van der Waals surface area contributed by atoms with Crippen molar-refractivity contribution in [2.75, 3.05) is 13.1 Å². The molecule has 1 aromatic carbocycles. The lowest BCUT2D eigenvalue weighted by Crippen LogP contribution is -2.55. The van der Waals surface area contributed by atoms with E-state index >= 15 is 0 Å². The van der Waals surface area contributed by atoms with E-state index < -0.39 is 0 Å². The van der Waals surface area contributed by atoms with E-state index in [0.717, 1.165) is 49.1 Å². The second-order valence-electron chi connectivity index (χ2n) is 11.3. The Balaban J connectivity index is 1.11. The molecule has 32 heavy (non-hydrogen) atoms. The summed E-state index contributed by atoms with van der Waals surface area (Å²) < 4.78 is 6.16. The Hall–Kier alpha value is -2.04. The molecule has 6 rings (SSSR count). The van der Waals surface area contributed by atoms with Gasteiger partial charge < -0.3 is 15.0 Å². The Morgan fingerprint density at radius 1 is 0.969 bits per heavy atom. The van der Waals surface area contributed by atoms with Gasteiger partial charge in [-0.15, -0.1) is 0 Å². The van der Waals surface area contributed by atoms with Gasteiger partial charge in [-0.25, -0.2) is 0 Å². The minimum absolute atomic E-state index is 0.0611. The van der Waals surface area contributed by atoms with Crippen LogP contribution in [0.1, 0.15) is 75.6 Å². The monoisotopic (exact) mass is 438 g/mol. The fraction of sp³-hybridized carbons (Fsp3) is 0.704. The fourth-order valence-corrected chi connectivity index (χ4v) is 6.97. The first-order chi connectivity index (χ1) is 15.4. The zero-order chi connectivity index (χ0) is 22.2. The minimum Gasteiger partial charge on any atom is -0.490 e. The first-order valence-corrected chi connectivity index (χ1v) is 12.8.